The molecule has 0 N–H and O–H groups in total. The van der Waals surface area contributed by atoms with Gasteiger partial charge >= 0.3 is 6.16 Å². The van der Waals surface area contributed by atoms with E-state index in [1.54, 1.807) is 0 Å². The molecule has 0 aromatic heterocycles. The zero-order valence-corrected chi connectivity index (χ0v) is 9.37. The molecular formula is C8H14IO3. The molecule has 1 aliphatic rings. The number of alkyl halides is 1. The van der Waals surface area contributed by atoms with Gasteiger partial charge in [-0.3, -0.25) is 0 Å². The molecule has 1 fully saturated rings. The second kappa shape index (κ2) is 7.64. The van der Waals surface area contributed by atoms with E-state index in [1.165, 1.54) is 6.42 Å². The highest BCUT2D eigenvalue weighted by atomic mass is 127. The topological polar surface area (TPSA) is 46.2 Å². The van der Waals surface area contributed by atoms with Crippen molar-refractivity contribution in [3.8, 4) is 0 Å². The first-order valence-electron chi connectivity index (χ1n) is 4.04. The molecule has 71 valence electrons. The Kier molecular flexibility index (Phi) is 7.64. The van der Waals surface area contributed by atoms with Crippen molar-refractivity contribution < 1.29 is 14.6 Å². The minimum atomic E-state index is -1.38. The smallest absolute Gasteiger partial charge is 0.428 e. The van der Waals surface area contributed by atoms with Crippen LogP contribution in [0.15, 0.2) is 0 Å². The molecule has 0 saturated heterocycles. The Labute approximate surface area is 86.6 Å². The fourth-order valence-electron chi connectivity index (χ4n) is 1.32. The van der Waals surface area contributed by atoms with Gasteiger partial charge in [-0.1, -0.05) is 29.0 Å². The minimum absolute atomic E-state index is 0.0845. The summed E-state index contributed by atoms with van der Waals surface area (Å²) in [6, 6.07) is 0. The van der Waals surface area contributed by atoms with Crippen LogP contribution in [0.25, 0.3) is 0 Å². The van der Waals surface area contributed by atoms with Crippen molar-refractivity contribution in [2.75, 3.05) is 4.93 Å². The maximum absolute atomic E-state index is 9.93. The second-order valence-electron chi connectivity index (χ2n) is 2.63. The van der Waals surface area contributed by atoms with Gasteiger partial charge in [0.25, 0.3) is 0 Å². The highest BCUT2D eigenvalue weighted by Gasteiger charge is 2.17. The molecule has 0 spiro atoms. The third-order valence-corrected chi connectivity index (χ3v) is 1.82. The third-order valence-electron chi connectivity index (χ3n) is 1.82. The van der Waals surface area contributed by atoms with E-state index >= 15 is 0 Å². The van der Waals surface area contributed by atoms with Crippen LogP contribution in [-0.4, -0.2) is 17.2 Å². The Hall–Kier alpha value is 0. The lowest BCUT2D eigenvalue weighted by molar-refractivity contribution is 0.0186. The number of hydrogen-bond acceptors (Lipinski definition) is 2. The summed E-state index contributed by atoms with van der Waals surface area (Å²) in [5.74, 6) is 0. The van der Waals surface area contributed by atoms with Gasteiger partial charge < -0.3 is 4.74 Å². The normalized spacial score (nSPS) is 17.5. The molecule has 1 radical (unpaired) electrons. The quantitative estimate of drug-likeness (QED) is 0.422. The highest BCUT2D eigenvalue weighted by Crippen LogP contribution is 2.20. The average molecular weight is 285 g/mol. The SMILES string of the molecule is CI.[O]C(=O)OC1CCCCC1. The van der Waals surface area contributed by atoms with Crippen molar-refractivity contribution in [3.05, 3.63) is 0 Å². The van der Waals surface area contributed by atoms with E-state index in [1.807, 2.05) is 4.93 Å². The molecule has 0 aromatic rings. The fraction of sp³-hybridized carbons (Fsp3) is 0.875. The molecule has 0 unspecified atom stereocenters. The Morgan fingerprint density at radius 3 is 2.17 bits per heavy atom. The van der Waals surface area contributed by atoms with Crippen LogP contribution in [0, 0.1) is 0 Å². The summed E-state index contributed by atoms with van der Waals surface area (Å²) >= 11 is 2.15. The van der Waals surface area contributed by atoms with E-state index in [9.17, 15) is 9.90 Å². The highest BCUT2D eigenvalue weighted by molar-refractivity contribution is 14.1. The van der Waals surface area contributed by atoms with Gasteiger partial charge in [0.05, 0.1) is 0 Å². The largest absolute Gasteiger partial charge is 0.550 e. The van der Waals surface area contributed by atoms with Gasteiger partial charge in [-0.25, -0.2) is 0 Å². The standard InChI is InChI=1S/C7H11O3.CH3I/c8-7(9)10-6-4-2-1-3-5-6;1-2/h6H,1-5H2;1H3. The number of ether oxygens (including phenoxy) is 1. The Morgan fingerprint density at radius 2 is 1.75 bits per heavy atom. The van der Waals surface area contributed by atoms with Crippen LogP contribution in [-0.2, 0) is 9.84 Å². The number of hydrogen-bond donors (Lipinski definition) is 0. The van der Waals surface area contributed by atoms with Gasteiger partial charge in [0, 0.05) is 0 Å². The number of carbonyl (C=O) groups is 1. The van der Waals surface area contributed by atoms with Gasteiger partial charge in [-0.05, 0) is 30.6 Å². The Bertz CT molecular complexity index is 121. The molecule has 1 saturated carbocycles. The number of carbonyl (C=O) groups excluding carboxylic acids is 1. The van der Waals surface area contributed by atoms with Crippen LogP contribution >= 0.6 is 22.6 Å². The van der Waals surface area contributed by atoms with Gasteiger partial charge in [-0.15, -0.1) is 0 Å². The predicted octanol–water partition coefficient (Wildman–Crippen LogP) is 2.94. The fourth-order valence-corrected chi connectivity index (χ4v) is 1.32. The van der Waals surface area contributed by atoms with Crippen molar-refractivity contribution in [3.63, 3.8) is 0 Å². The summed E-state index contributed by atoms with van der Waals surface area (Å²) in [6.07, 6.45) is 3.63. The molecule has 0 atom stereocenters. The van der Waals surface area contributed by atoms with Crippen LogP contribution in [0.1, 0.15) is 32.1 Å². The second-order valence-corrected chi connectivity index (χ2v) is 2.63. The third kappa shape index (κ3) is 5.62. The molecule has 1 aliphatic carbocycles. The van der Waals surface area contributed by atoms with E-state index in [-0.39, 0.29) is 6.10 Å². The lowest BCUT2D eigenvalue weighted by atomic mass is 9.98. The van der Waals surface area contributed by atoms with E-state index in [0.717, 1.165) is 25.7 Å². The lowest BCUT2D eigenvalue weighted by Gasteiger charge is -2.19. The van der Waals surface area contributed by atoms with Crippen molar-refractivity contribution >= 4 is 28.7 Å². The van der Waals surface area contributed by atoms with Crippen molar-refractivity contribution in [2.45, 2.75) is 38.2 Å². The van der Waals surface area contributed by atoms with E-state index in [0.29, 0.717) is 0 Å². The molecule has 0 bridgehead atoms. The van der Waals surface area contributed by atoms with Gasteiger partial charge in [0.15, 0.2) is 0 Å². The average Bonchev–Trinajstić information content (AvgIpc) is 2.08. The molecule has 1 rings (SSSR count). The van der Waals surface area contributed by atoms with Crippen LogP contribution in [0.2, 0.25) is 0 Å². The number of halogens is 1. The zero-order chi connectivity index (χ0) is 9.40. The molecule has 12 heavy (non-hydrogen) atoms. The molecule has 0 aliphatic heterocycles. The monoisotopic (exact) mass is 285 g/mol. The summed E-state index contributed by atoms with van der Waals surface area (Å²) in [6.45, 7) is 0. The molecule has 3 nitrogen and oxygen atoms in total. The maximum atomic E-state index is 9.93. The summed E-state index contributed by atoms with van der Waals surface area (Å²) in [7, 11) is 0. The van der Waals surface area contributed by atoms with Crippen LogP contribution < -0.4 is 0 Å². The summed E-state index contributed by atoms with van der Waals surface area (Å²) in [4.78, 5) is 11.9. The maximum Gasteiger partial charge on any atom is 0.550 e. The van der Waals surface area contributed by atoms with Crippen LogP contribution in [0.3, 0.4) is 0 Å². The van der Waals surface area contributed by atoms with Crippen molar-refractivity contribution in [1.82, 2.24) is 0 Å². The first-order chi connectivity index (χ1) is 5.79. The van der Waals surface area contributed by atoms with E-state index < -0.39 is 6.16 Å². The van der Waals surface area contributed by atoms with Gasteiger partial charge in [0.2, 0.25) is 0 Å². The first-order valence-corrected chi connectivity index (χ1v) is 6.20. The summed E-state index contributed by atoms with van der Waals surface area (Å²) in [5.41, 5.74) is 0. The minimum Gasteiger partial charge on any atom is -0.428 e. The van der Waals surface area contributed by atoms with Crippen LogP contribution in [0.4, 0.5) is 4.79 Å². The Balaban J connectivity index is 0.000000561. The summed E-state index contributed by atoms with van der Waals surface area (Å²) < 4.78 is 4.50. The molecule has 0 heterocycles. The van der Waals surface area contributed by atoms with Gasteiger partial charge in [-0.2, -0.15) is 9.90 Å². The molecule has 4 heteroatoms. The van der Waals surface area contributed by atoms with E-state index in [2.05, 4.69) is 27.3 Å². The molecular weight excluding hydrogens is 271 g/mol. The van der Waals surface area contributed by atoms with E-state index in [4.69, 9.17) is 0 Å². The number of rotatable bonds is 1. The van der Waals surface area contributed by atoms with Crippen LogP contribution in [0.5, 0.6) is 0 Å². The zero-order valence-electron chi connectivity index (χ0n) is 7.22. The first kappa shape index (κ1) is 12.0. The van der Waals surface area contributed by atoms with Crippen molar-refractivity contribution in [2.24, 2.45) is 0 Å². The Morgan fingerprint density at radius 1 is 1.25 bits per heavy atom. The lowest BCUT2D eigenvalue weighted by Crippen LogP contribution is -2.18. The van der Waals surface area contributed by atoms with Crippen molar-refractivity contribution in [1.29, 1.82) is 0 Å². The predicted molar refractivity (Wildman–Crippen MR) is 54.0 cm³/mol. The summed E-state index contributed by atoms with van der Waals surface area (Å²) in [5, 5.41) is 9.93. The molecule has 0 aromatic carbocycles. The van der Waals surface area contributed by atoms with Gasteiger partial charge in [0.1, 0.15) is 6.10 Å². The molecule has 0 amide bonds.